The van der Waals surface area contributed by atoms with Gasteiger partial charge < -0.3 is 10.3 Å². The summed E-state index contributed by atoms with van der Waals surface area (Å²) in [5.41, 5.74) is 2.40. The van der Waals surface area contributed by atoms with E-state index in [1.165, 1.54) is 32.3 Å². The Kier molecular flexibility index (Phi) is 4.19. The molecule has 0 saturated carbocycles. The maximum atomic E-state index is 4.55. The lowest BCUT2D eigenvalue weighted by atomic mass is 10.2. The van der Waals surface area contributed by atoms with Gasteiger partial charge in [-0.2, -0.15) is 0 Å². The van der Waals surface area contributed by atoms with Gasteiger partial charge in [-0.15, -0.1) is 35.1 Å². The molecular weight excluding hydrogens is 378 g/mol. The maximum Gasteiger partial charge on any atom is 0.123 e. The van der Waals surface area contributed by atoms with Crippen LogP contribution in [0.5, 0.6) is 0 Å². The van der Waals surface area contributed by atoms with Gasteiger partial charge in [0.2, 0.25) is 0 Å². The maximum absolute atomic E-state index is 4.55. The Morgan fingerprint density at radius 2 is 2.10 bits per heavy atom. The number of halogens is 2. The van der Waals surface area contributed by atoms with Gasteiger partial charge in [-0.25, -0.2) is 4.98 Å². The molecular formula is C13H13BrClN3S2. The Balaban J connectivity index is 0.00000121. The number of imidazole rings is 1. The van der Waals surface area contributed by atoms with Gasteiger partial charge in [-0.3, -0.25) is 0 Å². The normalized spacial score (nSPS) is 18.6. The van der Waals surface area contributed by atoms with Crippen LogP contribution in [-0.4, -0.2) is 16.5 Å². The molecule has 0 unspecified atom stereocenters. The number of aromatic nitrogens is 2. The number of aromatic amines is 1. The Morgan fingerprint density at radius 1 is 1.25 bits per heavy atom. The molecule has 4 heterocycles. The van der Waals surface area contributed by atoms with Crippen LogP contribution in [0.25, 0.3) is 20.7 Å². The van der Waals surface area contributed by atoms with Gasteiger partial charge in [-0.1, -0.05) is 0 Å². The van der Waals surface area contributed by atoms with E-state index in [0.717, 1.165) is 18.1 Å². The minimum Gasteiger partial charge on any atom is -0.341 e. The summed E-state index contributed by atoms with van der Waals surface area (Å²) in [6, 6.07) is 0.401. The molecule has 1 atom stereocenters. The second kappa shape index (κ2) is 5.77. The van der Waals surface area contributed by atoms with Crippen LogP contribution >= 0.6 is 51.0 Å². The van der Waals surface area contributed by atoms with Crippen LogP contribution in [0.3, 0.4) is 0 Å². The first-order valence-electron chi connectivity index (χ1n) is 6.26. The van der Waals surface area contributed by atoms with Crippen molar-refractivity contribution in [3.05, 3.63) is 27.3 Å². The highest BCUT2D eigenvalue weighted by Crippen LogP contribution is 2.41. The molecule has 1 aliphatic heterocycles. The van der Waals surface area contributed by atoms with E-state index >= 15 is 0 Å². The molecule has 0 amide bonds. The fourth-order valence-corrected chi connectivity index (χ4v) is 5.60. The first-order chi connectivity index (χ1) is 9.33. The molecule has 1 fully saturated rings. The van der Waals surface area contributed by atoms with Crippen LogP contribution in [0.1, 0.15) is 24.7 Å². The Labute approximate surface area is 139 Å². The monoisotopic (exact) mass is 389 g/mol. The average molecular weight is 391 g/mol. The lowest BCUT2D eigenvalue weighted by molar-refractivity contribution is 0.613. The van der Waals surface area contributed by atoms with Gasteiger partial charge >= 0.3 is 0 Å². The number of nitrogens with one attached hydrogen (secondary N) is 2. The van der Waals surface area contributed by atoms with Crippen molar-refractivity contribution in [2.45, 2.75) is 18.9 Å². The Morgan fingerprint density at radius 3 is 2.90 bits per heavy atom. The quantitative estimate of drug-likeness (QED) is 0.649. The molecule has 1 saturated heterocycles. The largest absolute Gasteiger partial charge is 0.341 e. The van der Waals surface area contributed by atoms with E-state index < -0.39 is 0 Å². The third-order valence-electron chi connectivity index (χ3n) is 3.52. The molecule has 1 aliphatic rings. The zero-order valence-corrected chi connectivity index (χ0v) is 14.5. The molecule has 0 bridgehead atoms. The predicted molar refractivity (Wildman–Crippen MR) is 92.2 cm³/mol. The van der Waals surface area contributed by atoms with Crippen LogP contribution in [0.15, 0.2) is 21.4 Å². The number of hydrogen-bond donors (Lipinski definition) is 2. The molecule has 0 spiro atoms. The van der Waals surface area contributed by atoms with Gasteiger partial charge in [0, 0.05) is 20.8 Å². The highest BCUT2D eigenvalue weighted by molar-refractivity contribution is 9.10. The van der Waals surface area contributed by atoms with E-state index in [9.17, 15) is 0 Å². The first kappa shape index (κ1) is 14.5. The highest BCUT2D eigenvalue weighted by Gasteiger charge is 2.20. The third-order valence-corrected chi connectivity index (χ3v) is 6.87. The standard InChI is InChI=1S/C13H12BrN3S2.ClH/c14-8-6-19-11-7(5-18-12(8)11)10-4-16-13(17-10)9-2-1-3-15-9;/h4-6,9,15H,1-3H2,(H,16,17);1H/t9-;/m0./s1. The highest BCUT2D eigenvalue weighted by atomic mass is 79.9. The number of rotatable bonds is 2. The van der Waals surface area contributed by atoms with Crippen LogP contribution in [0, 0.1) is 0 Å². The average Bonchev–Trinajstić information content (AvgIpc) is 3.14. The summed E-state index contributed by atoms with van der Waals surface area (Å²) < 4.78 is 3.86. The van der Waals surface area contributed by atoms with Crippen molar-refractivity contribution in [1.82, 2.24) is 15.3 Å². The van der Waals surface area contributed by atoms with Gasteiger partial charge in [0.25, 0.3) is 0 Å². The molecule has 0 aromatic carbocycles. The van der Waals surface area contributed by atoms with Gasteiger partial charge in [-0.05, 0) is 35.3 Å². The van der Waals surface area contributed by atoms with Crippen molar-refractivity contribution in [2.24, 2.45) is 0 Å². The van der Waals surface area contributed by atoms with Gasteiger partial charge in [0.15, 0.2) is 0 Å². The molecule has 4 rings (SSSR count). The zero-order valence-electron chi connectivity index (χ0n) is 10.5. The molecule has 106 valence electrons. The number of thiophene rings is 2. The minimum absolute atomic E-state index is 0. The molecule has 20 heavy (non-hydrogen) atoms. The summed E-state index contributed by atoms with van der Waals surface area (Å²) in [5.74, 6) is 1.07. The van der Waals surface area contributed by atoms with E-state index in [1.807, 2.05) is 6.20 Å². The molecule has 3 aromatic rings. The van der Waals surface area contributed by atoms with Crippen molar-refractivity contribution in [1.29, 1.82) is 0 Å². The Bertz CT molecular complexity index is 727. The Hall–Kier alpha value is -0.400. The van der Waals surface area contributed by atoms with Crippen LogP contribution in [0.2, 0.25) is 0 Å². The SMILES string of the molecule is Brc1csc2c(-c3cnc([C@@H]4CCCN4)[nH]3)csc12.Cl. The summed E-state index contributed by atoms with van der Waals surface area (Å²) in [6.45, 7) is 1.10. The van der Waals surface area contributed by atoms with Crippen LogP contribution < -0.4 is 5.32 Å². The van der Waals surface area contributed by atoms with E-state index in [2.05, 4.69) is 42.0 Å². The number of hydrogen-bond acceptors (Lipinski definition) is 4. The topological polar surface area (TPSA) is 40.7 Å². The lowest BCUT2D eigenvalue weighted by Crippen LogP contribution is -2.14. The van der Waals surface area contributed by atoms with Crippen molar-refractivity contribution in [3.63, 3.8) is 0 Å². The van der Waals surface area contributed by atoms with Crippen molar-refractivity contribution in [3.8, 4) is 11.3 Å². The van der Waals surface area contributed by atoms with Crippen LogP contribution in [-0.2, 0) is 0 Å². The smallest absolute Gasteiger partial charge is 0.123 e. The summed E-state index contributed by atoms with van der Waals surface area (Å²) in [4.78, 5) is 8.03. The lowest BCUT2D eigenvalue weighted by Gasteiger charge is -2.05. The van der Waals surface area contributed by atoms with E-state index in [4.69, 9.17) is 0 Å². The van der Waals surface area contributed by atoms with E-state index in [1.54, 1.807) is 22.7 Å². The van der Waals surface area contributed by atoms with E-state index in [0.29, 0.717) is 6.04 Å². The number of nitrogens with zero attached hydrogens (tertiary/aromatic N) is 1. The second-order valence-electron chi connectivity index (χ2n) is 4.72. The van der Waals surface area contributed by atoms with Gasteiger partial charge in [0.1, 0.15) is 5.82 Å². The predicted octanol–water partition coefficient (Wildman–Crippen LogP) is 4.96. The first-order valence-corrected chi connectivity index (χ1v) is 8.81. The molecule has 3 aromatic heterocycles. The molecule has 0 radical (unpaired) electrons. The van der Waals surface area contributed by atoms with Crippen LogP contribution in [0.4, 0.5) is 0 Å². The number of fused-ring (bicyclic) bond motifs is 1. The zero-order chi connectivity index (χ0) is 12.8. The van der Waals surface area contributed by atoms with Gasteiger partial charge in [0.05, 0.1) is 27.3 Å². The second-order valence-corrected chi connectivity index (χ2v) is 7.34. The minimum atomic E-state index is 0. The summed E-state index contributed by atoms with van der Waals surface area (Å²) in [6.07, 6.45) is 4.38. The molecule has 3 nitrogen and oxygen atoms in total. The molecule has 2 N–H and O–H groups in total. The number of H-pyrrole nitrogens is 1. The fraction of sp³-hybridized carbons (Fsp3) is 0.308. The van der Waals surface area contributed by atoms with Crippen molar-refractivity contribution in [2.75, 3.05) is 6.54 Å². The van der Waals surface area contributed by atoms with Crippen molar-refractivity contribution >= 4 is 60.4 Å². The summed E-state index contributed by atoms with van der Waals surface area (Å²) in [7, 11) is 0. The summed E-state index contributed by atoms with van der Waals surface area (Å²) in [5, 5.41) is 7.84. The third kappa shape index (κ3) is 2.33. The fourth-order valence-electron chi connectivity index (χ4n) is 2.55. The summed E-state index contributed by atoms with van der Waals surface area (Å²) >= 11 is 7.16. The van der Waals surface area contributed by atoms with E-state index in [-0.39, 0.29) is 12.4 Å². The van der Waals surface area contributed by atoms with Crippen molar-refractivity contribution < 1.29 is 0 Å². The molecule has 7 heteroatoms. The molecule has 0 aliphatic carbocycles.